The van der Waals surface area contributed by atoms with E-state index in [0.29, 0.717) is 5.92 Å². The third-order valence-corrected chi connectivity index (χ3v) is 3.91. The van der Waals surface area contributed by atoms with Gasteiger partial charge in [-0.25, -0.2) is 0 Å². The summed E-state index contributed by atoms with van der Waals surface area (Å²) in [7, 11) is 0. The Morgan fingerprint density at radius 1 is 0.941 bits per heavy atom. The number of hydrogen-bond acceptors (Lipinski definition) is 0. The van der Waals surface area contributed by atoms with Gasteiger partial charge in [0, 0.05) is 3.57 Å². The Balaban J connectivity index is 2.40. The average Bonchev–Trinajstić information content (AvgIpc) is 2.29. The monoisotopic (exact) mass is 336 g/mol. The first-order valence-corrected chi connectivity index (χ1v) is 7.02. The van der Waals surface area contributed by atoms with Crippen LogP contribution >= 0.6 is 22.6 Å². The predicted octanol–water partition coefficient (Wildman–Crippen LogP) is 5.39. The van der Waals surface area contributed by atoms with Crippen LogP contribution in [0, 0.1) is 10.5 Å². The van der Waals surface area contributed by atoms with Gasteiger partial charge in [-0.15, -0.1) is 0 Å². The van der Waals surface area contributed by atoms with E-state index in [1.807, 2.05) is 0 Å². The lowest BCUT2D eigenvalue weighted by atomic mass is 9.98. The van der Waals surface area contributed by atoms with Crippen LogP contribution in [-0.4, -0.2) is 0 Å². The van der Waals surface area contributed by atoms with Crippen molar-refractivity contribution < 1.29 is 0 Å². The zero-order valence-corrected chi connectivity index (χ0v) is 12.7. The Kier molecular flexibility index (Phi) is 3.87. The van der Waals surface area contributed by atoms with Crippen molar-refractivity contribution in [2.45, 2.75) is 26.7 Å². The SMILES string of the molecule is Cc1ccc(-c2ccc(C(C)C)cc2)c(I)c1. The molecule has 2 aromatic carbocycles. The second kappa shape index (κ2) is 5.21. The Labute approximate surface area is 117 Å². The second-order valence-corrected chi connectivity index (χ2v) is 5.92. The quantitative estimate of drug-likeness (QED) is 0.645. The fraction of sp³-hybridized carbons (Fsp3) is 0.250. The first kappa shape index (κ1) is 12.6. The Bertz CT molecular complexity index is 510. The second-order valence-electron chi connectivity index (χ2n) is 4.76. The van der Waals surface area contributed by atoms with Crippen LogP contribution in [-0.2, 0) is 0 Å². The molecule has 0 aromatic heterocycles. The molecular formula is C16H17I. The normalized spacial score (nSPS) is 10.9. The summed E-state index contributed by atoms with van der Waals surface area (Å²) in [5.41, 5.74) is 5.35. The number of benzene rings is 2. The lowest BCUT2D eigenvalue weighted by Gasteiger charge is -2.09. The summed E-state index contributed by atoms with van der Waals surface area (Å²) >= 11 is 2.41. The molecule has 0 unspecified atom stereocenters. The van der Waals surface area contributed by atoms with Gasteiger partial charge >= 0.3 is 0 Å². The number of hydrogen-bond donors (Lipinski definition) is 0. The highest BCUT2D eigenvalue weighted by molar-refractivity contribution is 14.1. The summed E-state index contributed by atoms with van der Waals surface area (Å²) in [4.78, 5) is 0. The Hall–Kier alpha value is -0.830. The van der Waals surface area contributed by atoms with Gasteiger partial charge in [-0.3, -0.25) is 0 Å². The van der Waals surface area contributed by atoms with Gasteiger partial charge in [-0.05, 0) is 58.2 Å². The van der Waals surface area contributed by atoms with Crippen molar-refractivity contribution in [3.8, 4) is 11.1 Å². The molecule has 0 spiro atoms. The summed E-state index contributed by atoms with van der Waals surface area (Å²) in [5, 5.41) is 0. The lowest BCUT2D eigenvalue weighted by Crippen LogP contribution is -1.88. The molecule has 1 heteroatoms. The van der Waals surface area contributed by atoms with E-state index in [4.69, 9.17) is 0 Å². The van der Waals surface area contributed by atoms with Crippen LogP contribution in [0.1, 0.15) is 30.9 Å². The maximum atomic E-state index is 2.41. The molecule has 0 fully saturated rings. The topological polar surface area (TPSA) is 0 Å². The van der Waals surface area contributed by atoms with Gasteiger partial charge in [-0.2, -0.15) is 0 Å². The van der Waals surface area contributed by atoms with E-state index in [2.05, 4.69) is 85.8 Å². The minimum Gasteiger partial charge on any atom is -0.0587 e. The van der Waals surface area contributed by atoms with Crippen LogP contribution in [0.25, 0.3) is 11.1 Å². The van der Waals surface area contributed by atoms with Gasteiger partial charge < -0.3 is 0 Å². The number of halogens is 1. The molecule has 0 heterocycles. The van der Waals surface area contributed by atoms with E-state index in [1.54, 1.807) is 0 Å². The highest BCUT2D eigenvalue weighted by Crippen LogP contribution is 2.27. The van der Waals surface area contributed by atoms with Crippen molar-refractivity contribution >= 4 is 22.6 Å². The highest BCUT2D eigenvalue weighted by Gasteiger charge is 2.04. The summed E-state index contributed by atoms with van der Waals surface area (Å²) in [6.45, 7) is 6.59. The first-order valence-electron chi connectivity index (χ1n) is 5.94. The molecule has 0 radical (unpaired) electrons. The molecule has 0 N–H and O–H groups in total. The molecule has 0 bridgehead atoms. The summed E-state index contributed by atoms with van der Waals surface area (Å²) in [5.74, 6) is 0.598. The van der Waals surface area contributed by atoms with E-state index in [1.165, 1.54) is 25.8 Å². The zero-order chi connectivity index (χ0) is 12.4. The highest BCUT2D eigenvalue weighted by atomic mass is 127. The molecule has 0 aliphatic rings. The van der Waals surface area contributed by atoms with Crippen molar-refractivity contribution in [3.63, 3.8) is 0 Å². The van der Waals surface area contributed by atoms with Crippen LogP contribution in [0.2, 0.25) is 0 Å². The molecule has 2 aromatic rings. The summed E-state index contributed by atoms with van der Waals surface area (Å²) < 4.78 is 1.32. The molecular weight excluding hydrogens is 319 g/mol. The van der Waals surface area contributed by atoms with E-state index in [0.717, 1.165) is 0 Å². The van der Waals surface area contributed by atoms with Gasteiger partial charge in [0.05, 0.1) is 0 Å². The fourth-order valence-corrected chi connectivity index (χ4v) is 2.88. The fourth-order valence-electron chi connectivity index (χ4n) is 1.90. The maximum absolute atomic E-state index is 2.41. The number of rotatable bonds is 2. The lowest BCUT2D eigenvalue weighted by molar-refractivity contribution is 0.867. The van der Waals surface area contributed by atoms with Crippen LogP contribution in [0.5, 0.6) is 0 Å². The van der Waals surface area contributed by atoms with E-state index < -0.39 is 0 Å². The molecule has 2 rings (SSSR count). The molecule has 0 saturated carbocycles. The maximum Gasteiger partial charge on any atom is 0.0211 e. The van der Waals surface area contributed by atoms with Gasteiger partial charge in [0.1, 0.15) is 0 Å². The average molecular weight is 336 g/mol. The van der Waals surface area contributed by atoms with E-state index in [9.17, 15) is 0 Å². The third kappa shape index (κ3) is 2.89. The van der Waals surface area contributed by atoms with Gasteiger partial charge in [0.15, 0.2) is 0 Å². The molecule has 0 aliphatic heterocycles. The van der Waals surface area contributed by atoms with E-state index in [-0.39, 0.29) is 0 Å². The largest absolute Gasteiger partial charge is 0.0587 e. The first-order chi connectivity index (χ1) is 8.08. The van der Waals surface area contributed by atoms with Crippen LogP contribution < -0.4 is 0 Å². The smallest absolute Gasteiger partial charge is 0.0211 e. The van der Waals surface area contributed by atoms with Crippen LogP contribution in [0.4, 0.5) is 0 Å². The van der Waals surface area contributed by atoms with Crippen LogP contribution in [0.15, 0.2) is 42.5 Å². The van der Waals surface area contributed by atoms with Crippen LogP contribution in [0.3, 0.4) is 0 Å². The molecule has 0 aliphatic carbocycles. The Morgan fingerprint density at radius 2 is 1.59 bits per heavy atom. The molecule has 0 amide bonds. The van der Waals surface area contributed by atoms with Gasteiger partial charge in [0.2, 0.25) is 0 Å². The van der Waals surface area contributed by atoms with Crippen molar-refractivity contribution in [1.29, 1.82) is 0 Å². The zero-order valence-electron chi connectivity index (χ0n) is 10.5. The summed E-state index contributed by atoms with van der Waals surface area (Å²) in [6.07, 6.45) is 0. The molecule has 0 atom stereocenters. The van der Waals surface area contributed by atoms with E-state index >= 15 is 0 Å². The molecule has 0 saturated heterocycles. The van der Waals surface area contributed by atoms with Gasteiger partial charge in [-0.1, -0.05) is 55.8 Å². The minimum absolute atomic E-state index is 0.598. The predicted molar refractivity (Wildman–Crippen MR) is 83.4 cm³/mol. The van der Waals surface area contributed by atoms with Crippen molar-refractivity contribution in [1.82, 2.24) is 0 Å². The van der Waals surface area contributed by atoms with Crippen molar-refractivity contribution in [2.24, 2.45) is 0 Å². The summed E-state index contributed by atoms with van der Waals surface area (Å²) in [6, 6.07) is 15.5. The Morgan fingerprint density at radius 3 is 2.12 bits per heavy atom. The standard InChI is InChI=1S/C16H17I/c1-11(2)13-5-7-14(8-6-13)15-9-4-12(3)10-16(15)17/h4-11H,1-3H3. The van der Waals surface area contributed by atoms with Crippen molar-refractivity contribution in [3.05, 3.63) is 57.2 Å². The molecule has 0 nitrogen and oxygen atoms in total. The minimum atomic E-state index is 0.598. The van der Waals surface area contributed by atoms with Gasteiger partial charge in [0.25, 0.3) is 0 Å². The van der Waals surface area contributed by atoms with Crippen molar-refractivity contribution in [2.75, 3.05) is 0 Å². The number of aryl methyl sites for hydroxylation is 1. The molecule has 17 heavy (non-hydrogen) atoms. The molecule has 88 valence electrons. The third-order valence-electron chi connectivity index (χ3n) is 3.01.